The van der Waals surface area contributed by atoms with Gasteiger partial charge in [0.2, 0.25) is 27.6 Å². The highest BCUT2D eigenvalue weighted by molar-refractivity contribution is 7.89. The highest BCUT2D eigenvalue weighted by Crippen LogP contribution is 2.39. The number of rotatable bonds is 6. The van der Waals surface area contributed by atoms with Gasteiger partial charge in [0.1, 0.15) is 0 Å². The van der Waals surface area contributed by atoms with Gasteiger partial charge in [0.05, 0.1) is 10.9 Å². The summed E-state index contributed by atoms with van der Waals surface area (Å²) in [5, 5.41) is 4.00. The fraction of sp³-hybridized carbons (Fsp3) is 0.348. The van der Waals surface area contributed by atoms with E-state index in [9.17, 15) is 13.2 Å². The van der Waals surface area contributed by atoms with Crippen LogP contribution < -0.4 is 9.62 Å². The summed E-state index contributed by atoms with van der Waals surface area (Å²) in [6.45, 7) is 3.83. The molecule has 5 rings (SSSR count). The molecular formula is C23H24N4O4S. The minimum absolute atomic E-state index is 0.0919. The smallest absolute Gasteiger partial charge is 0.244 e. The molecule has 0 spiro atoms. The van der Waals surface area contributed by atoms with Crippen LogP contribution in [0.25, 0.3) is 11.4 Å². The van der Waals surface area contributed by atoms with Crippen LogP contribution in [-0.2, 0) is 21.2 Å². The van der Waals surface area contributed by atoms with Crippen LogP contribution in [0, 0.1) is 6.92 Å². The van der Waals surface area contributed by atoms with Crippen molar-refractivity contribution in [3.05, 3.63) is 59.5 Å². The number of aromatic nitrogens is 2. The number of nitrogens with one attached hydrogen (secondary N) is 1. The Kier molecular flexibility index (Phi) is 5.10. The number of hydrogen-bond donors (Lipinski definition) is 1. The van der Waals surface area contributed by atoms with Crippen LogP contribution in [-0.4, -0.2) is 37.1 Å². The molecule has 9 heteroatoms. The van der Waals surface area contributed by atoms with Crippen molar-refractivity contribution in [2.24, 2.45) is 0 Å². The van der Waals surface area contributed by atoms with E-state index in [1.807, 2.05) is 24.3 Å². The molecule has 3 aromatic rings. The number of benzene rings is 2. The van der Waals surface area contributed by atoms with Crippen molar-refractivity contribution in [3.63, 3.8) is 0 Å². The van der Waals surface area contributed by atoms with Crippen molar-refractivity contribution in [2.45, 2.75) is 50.0 Å². The molecule has 1 aliphatic carbocycles. The first-order valence-corrected chi connectivity index (χ1v) is 12.2. The fourth-order valence-corrected chi connectivity index (χ4v) is 5.49. The molecule has 1 N–H and O–H groups in total. The summed E-state index contributed by atoms with van der Waals surface area (Å²) >= 11 is 0. The lowest BCUT2D eigenvalue weighted by Gasteiger charge is -2.22. The summed E-state index contributed by atoms with van der Waals surface area (Å²) in [5.74, 6) is 0.989. The first-order chi connectivity index (χ1) is 15.3. The van der Waals surface area contributed by atoms with Gasteiger partial charge in [-0.1, -0.05) is 35.5 Å². The van der Waals surface area contributed by atoms with E-state index in [-0.39, 0.29) is 10.8 Å². The molecule has 2 aliphatic rings. The molecule has 2 aromatic carbocycles. The van der Waals surface area contributed by atoms with E-state index in [1.165, 1.54) is 6.07 Å². The van der Waals surface area contributed by atoms with Crippen LogP contribution in [0.4, 0.5) is 5.69 Å². The molecule has 1 aliphatic heterocycles. The van der Waals surface area contributed by atoms with Crippen molar-refractivity contribution < 1.29 is 17.7 Å². The minimum Gasteiger partial charge on any atom is -0.339 e. The Morgan fingerprint density at radius 3 is 2.78 bits per heavy atom. The Morgan fingerprint density at radius 2 is 2.00 bits per heavy atom. The van der Waals surface area contributed by atoms with Crippen molar-refractivity contribution >= 4 is 21.6 Å². The van der Waals surface area contributed by atoms with Gasteiger partial charge in [0.25, 0.3) is 0 Å². The van der Waals surface area contributed by atoms with Gasteiger partial charge in [-0.15, -0.1) is 0 Å². The number of para-hydroxylation sites is 1. The Hall–Kier alpha value is -3.04. The standard InChI is InChI=1S/C23H24N4O4S/c1-14-7-8-18(21-24-22(31-25-21)17-9-10-17)13-20(14)32(29,30)26-15(2)23(28)27-12-11-16-5-3-4-6-19(16)27/h3-8,13,15,17,26H,9-12H2,1-2H3/t15-/m1/s1. The predicted molar refractivity (Wildman–Crippen MR) is 119 cm³/mol. The van der Waals surface area contributed by atoms with Gasteiger partial charge in [0.15, 0.2) is 0 Å². The summed E-state index contributed by atoms with van der Waals surface area (Å²) in [7, 11) is -3.95. The van der Waals surface area contributed by atoms with Crippen LogP contribution >= 0.6 is 0 Å². The highest BCUT2D eigenvalue weighted by atomic mass is 32.2. The number of anilines is 1. The number of hydrogen-bond acceptors (Lipinski definition) is 6. The molecule has 0 unspecified atom stereocenters. The molecule has 1 fully saturated rings. The van der Waals surface area contributed by atoms with Gasteiger partial charge in [-0.25, -0.2) is 8.42 Å². The van der Waals surface area contributed by atoms with E-state index >= 15 is 0 Å². The molecular weight excluding hydrogens is 428 g/mol. The molecule has 8 nitrogen and oxygen atoms in total. The van der Waals surface area contributed by atoms with Crippen LogP contribution in [0.2, 0.25) is 0 Å². The van der Waals surface area contributed by atoms with Crippen LogP contribution in [0.1, 0.15) is 42.7 Å². The number of carbonyl (C=O) groups excluding carboxylic acids is 1. The lowest BCUT2D eigenvalue weighted by Crippen LogP contribution is -2.46. The van der Waals surface area contributed by atoms with Gasteiger partial charge in [-0.3, -0.25) is 4.79 Å². The number of carbonyl (C=O) groups is 1. The predicted octanol–water partition coefficient (Wildman–Crippen LogP) is 3.18. The third-order valence-corrected chi connectivity index (χ3v) is 7.64. The lowest BCUT2D eigenvalue weighted by molar-refractivity contribution is -0.119. The zero-order chi connectivity index (χ0) is 22.5. The van der Waals surface area contributed by atoms with Gasteiger partial charge in [-0.2, -0.15) is 9.71 Å². The van der Waals surface area contributed by atoms with E-state index in [1.54, 1.807) is 30.9 Å². The Balaban J connectivity index is 1.37. The maximum absolute atomic E-state index is 13.2. The minimum atomic E-state index is -3.95. The van der Waals surface area contributed by atoms with Crippen molar-refractivity contribution in [3.8, 4) is 11.4 Å². The molecule has 2 heterocycles. The second-order valence-corrected chi connectivity index (χ2v) is 10.1. The molecule has 1 aromatic heterocycles. The van der Waals surface area contributed by atoms with E-state index in [0.717, 1.165) is 30.5 Å². The molecule has 1 saturated carbocycles. The zero-order valence-corrected chi connectivity index (χ0v) is 18.7. The highest BCUT2D eigenvalue weighted by Gasteiger charge is 2.32. The first kappa shape index (κ1) is 20.8. The van der Waals surface area contributed by atoms with Crippen molar-refractivity contribution in [1.29, 1.82) is 0 Å². The normalized spacial score (nSPS) is 16.8. The molecule has 0 bridgehead atoms. The molecule has 0 radical (unpaired) electrons. The van der Waals surface area contributed by atoms with Gasteiger partial charge in [-0.05, 0) is 56.4 Å². The van der Waals surface area contributed by atoms with Gasteiger partial charge in [0, 0.05) is 23.7 Å². The topological polar surface area (TPSA) is 105 Å². The third-order valence-electron chi connectivity index (χ3n) is 5.96. The summed E-state index contributed by atoms with van der Waals surface area (Å²) < 4.78 is 34.2. The van der Waals surface area contributed by atoms with Gasteiger partial charge >= 0.3 is 0 Å². The molecule has 1 atom stereocenters. The summed E-state index contributed by atoms with van der Waals surface area (Å²) in [5.41, 5.74) is 3.05. The quantitative estimate of drug-likeness (QED) is 0.616. The molecule has 1 amide bonds. The Morgan fingerprint density at radius 1 is 1.22 bits per heavy atom. The van der Waals surface area contributed by atoms with Gasteiger partial charge < -0.3 is 9.42 Å². The lowest BCUT2D eigenvalue weighted by atomic mass is 10.1. The maximum atomic E-state index is 13.2. The van der Waals surface area contributed by atoms with Crippen LogP contribution in [0.15, 0.2) is 51.9 Å². The van der Waals surface area contributed by atoms with E-state index in [0.29, 0.717) is 35.3 Å². The monoisotopic (exact) mass is 452 g/mol. The summed E-state index contributed by atoms with van der Waals surface area (Å²) in [6.07, 6.45) is 2.83. The zero-order valence-electron chi connectivity index (χ0n) is 17.9. The number of fused-ring (bicyclic) bond motifs is 1. The van der Waals surface area contributed by atoms with Crippen LogP contribution in [0.5, 0.6) is 0 Å². The maximum Gasteiger partial charge on any atom is 0.244 e. The Labute approximate surface area is 186 Å². The fourth-order valence-electron chi connectivity index (χ4n) is 4.02. The average Bonchev–Trinajstić information content (AvgIpc) is 3.34. The molecule has 32 heavy (non-hydrogen) atoms. The SMILES string of the molecule is Cc1ccc(-c2noc(C3CC3)n2)cc1S(=O)(=O)N[C@H](C)C(=O)N1CCc2ccccc21. The van der Waals surface area contributed by atoms with E-state index in [2.05, 4.69) is 14.9 Å². The van der Waals surface area contributed by atoms with E-state index < -0.39 is 16.1 Å². The first-order valence-electron chi connectivity index (χ1n) is 10.7. The number of nitrogens with zero attached hydrogens (tertiary/aromatic N) is 3. The summed E-state index contributed by atoms with van der Waals surface area (Å²) in [4.78, 5) is 19.2. The van der Waals surface area contributed by atoms with E-state index in [4.69, 9.17) is 4.52 Å². The third kappa shape index (κ3) is 3.82. The number of aryl methyl sites for hydroxylation is 1. The average molecular weight is 453 g/mol. The second-order valence-electron chi connectivity index (χ2n) is 8.42. The van der Waals surface area contributed by atoms with Crippen molar-refractivity contribution in [1.82, 2.24) is 14.9 Å². The Bertz CT molecular complexity index is 1300. The molecule has 166 valence electrons. The largest absolute Gasteiger partial charge is 0.339 e. The number of sulfonamides is 1. The van der Waals surface area contributed by atoms with Crippen LogP contribution in [0.3, 0.4) is 0 Å². The second kappa shape index (κ2) is 7.83. The number of amides is 1. The summed E-state index contributed by atoms with van der Waals surface area (Å²) in [6, 6.07) is 11.8. The van der Waals surface area contributed by atoms with Crippen molar-refractivity contribution in [2.75, 3.05) is 11.4 Å². The molecule has 0 saturated heterocycles.